The van der Waals surface area contributed by atoms with Crippen LogP contribution in [0.3, 0.4) is 0 Å². The zero-order valence-corrected chi connectivity index (χ0v) is 10.1. The molecule has 0 fully saturated rings. The fourth-order valence-corrected chi connectivity index (χ4v) is 1.63. The molecule has 1 aromatic carbocycles. The molecule has 1 rings (SSSR count). The summed E-state index contributed by atoms with van der Waals surface area (Å²) in [6.07, 6.45) is 0. The maximum Gasteiger partial charge on any atom is 0.158 e. The highest BCUT2D eigenvalue weighted by atomic mass is 79.9. The van der Waals surface area contributed by atoms with Crippen molar-refractivity contribution >= 4 is 33.2 Å². The molecule has 0 saturated carbocycles. The lowest BCUT2D eigenvalue weighted by molar-refractivity contribution is 0.622. The van der Waals surface area contributed by atoms with E-state index in [1.54, 1.807) is 6.92 Å². The van der Waals surface area contributed by atoms with E-state index in [9.17, 15) is 4.39 Å². The van der Waals surface area contributed by atoms with Gasteiger partial charge in [-0.3, -0.25) is 0 Å². The predicted molar refractivity (Wildman–Crippen MR) is 59.6 cm³/mol. The first-order valence-electron chi connectivity index (χ1n) is 3.93. The Morgan fingerprint density at radius 2 is 1.92 bits per heavy atom. The number of hydrogen-bond acceptors (Lipinski definition) is 1. The molecule has 0 aliphatic carbocycles. The molecule has 0 aromatic heterocycles. The maximum atomic E-state index is 12.9. The van der Waals surface area contributed by atoms with Crippen LogP contribution in [0.25, 0.3) is 0 Å². The number of nitrogen functional groups attached to an aromatic ring is 1. The van der Waals surface area contributed by atoms with E-state index >= 15 is 0 Å². The van der Waals surface area contributed by atoms with E-state index in [4.69, 9.17) is 17.3 Å². The van der Waals surface area contributed by atoms with Crippen molar-refractivity contribution in [2.45, 2.75) is 20.8 Å². The number of hydrogen-bond donors (Lipinski definition) is 1. The van der Waals surface area contributed by atoms with E-state index in [0.29, 0.717) is 5.69 Å². The van der Waals surface area contributed by atoms with Crippen molar-refractivity contribution < 1.29 is 4.39 Å². The topological polar surface area (TPSA) is 26.0 Å². The van der Waals surface area contributed by atoms with Gasteiger partial charge in [-0.05, 0) is 34.5 Å². The van der Waals surface area contributed by atoms with Gasteiger partial charge in [-0.15, -0.1) is 0 Å². The summed E-state index contributed by atoms with van der Waals surface area (Å²) < 4.78 is 13.2. The lowest BCUT2D eigenvalue weighted by Crippen LogP contribution is -1.94. The second-order valence-electron chi connectivity index (χ2n) is 2.22. The van der Waals surface area contributed by atoms with E-state index in [1.165, 1.54) is 6.07 Å². The summed E-state index contributed by atoms with van der Waals surface area (Å²) in [5.74, 6) is -0.505. The molecule has 0 unspecified atom stereocenters. The summed E-state index contributed by atoms with van der Waals surface area (Å²) in [6.45, 7) is 5.77. The highest BCUT2D eigenvalue weighted by Gasteiger charge is 2.09. The van der Waals surface area contributed by atoms with Crippen molar-refractivity contribution in [1.29, 1.82) is 0 Å². The van der Waals surface area contributed by atoms with Gasteiger partial charge < -0.3 is 5.73 Å². The Morgan fingerprint density at radius 3 is 2.38 bits per heavy atom. The molecule has 0 atom stereocenters. The molecule has 2 N–H and O–H groups in total. The quantitative estimate of drug-likeness (QED) is 0.555. The van der Waals surface area contributed by atoms with Gasteiger partial charge in [0.15, 0.2) is 5.82 Å². The van der Waals surface area contributed by atoms with Gasteiger partial charge in [0, 0.05) is 0 Å². The largest absolute Gasteiger partial charge is 0.398 e. The predicted octanol–water partition coefficient (Wildman–Crippen LogP) is 4.16. The van der Waals surface area contributed by atoms with Crippen LogP contribution in [-0.2, 0) is 0 Å². The normalized spacial score (nSPS) is 9.08. The molecule has 4 heteroatoms. The Morgan fingerprint density at radius 1 is 1.46 bits per heavy atom. The molecule has 13 heavy (non-hydrogen) atoms. The first-order chi connectivity index (χ1) is 6.04. The third-order valence-electron chi connectivity index (χ3n) is 1.41. The highest BCUT2D eigenvalue weighted by molar-refractivity contribution is 9.10. The smallest absolute Gasteiger partial charge is 0.158 e. The van der Waals surface area contributed by atoms with Gasteiger partial charge >= 0.3 is 0 Å². The summed E-state index contributed by atoms with van der Waals surface area (Å²) in [6, 6.07) is 1.50. The molecule has 74 valence electrons. The van der Waals surface area contributed by atoms with E-state index in [2.05, 4.69) is 15.9 Å². The first kappa shape index (κ1) is 12.7. The molecule has 0 bridgehead atoms. The van der Waals surface area contributed by atoms with Crippen LogP contribution >= 0.6 is 27.5 Å². The van der Waals surface area contributed by atoms with Gasteiger partial charge in [0.05, 0.1) is 15.2 Å². The fraction of sp³-hybridized carbons (Fsp3) is 0.333. The Balaban J connectivity index is 0.000000671. The molecular formula is C9H12BrClFN. The van der Waals surface area contributed by atoms with Crippen LogP contribution in [0.4, 0.5) is 10.1 Å². The number of benzene rings is 1. The van der Waals surface area contributed by atoms with Crippen molar-refractivity contribution in [3.63, 3.8) is 0 Å². The summed E-state index contributed by atoms with van der Waals surface area (Å²) in [5.41, 5.74) is 6.67. The maximum absolute atomic E-state index is 12.9. The van der Waals surface area contributed by atoms with Crippen molar-refractivity contribution in [3.8, 4) is 0 Å². The number of anilines is 1. The third kappa shape index (κ3) is 2.85. The minimum absolute atomic E-state index is 0.0866. The molecule has 0 aliphatic rings. The number of aryl methyl sites for hydroxylation is 1. The number of nitrogens with two attached hydrogens (primary N) is 1. The molecule has 0 spiro atoms. The lowest BCUT2D eigenvalue weighted by atomic mass is 10.2. The van der Waals surface area contributed by atoms with E-state index in [0.717, 1.165) is 5.56 Å². The van der Waals surface area contributed by atoms with Gasteiger partial charge in [-0.1, -0.05) is 25.4 Å². The number of halogens is 3. The average molecular weight is 269 g/mol. The van der Waals surface area contributed by atoms with Crippen LogP contribution in [-0.4, -0.2) is 0 Å². The molecule has 0 heterocycles. The summed E-state index contributed by atoms with van der Waals surface area (Å²) in [4.78, 5) is 0. The van der Waals surface area contributed by atoms with E-state index in [1.807, 2.05) is 13.8 Å². The molecule has 0 radical (unpaired) electrons. The molecule has 1 aromatic rings. The minimum Gasteiger partial charge on any atom is -0.398 e. The van der Waals surface area contributed by atoms with Crippen LogP contribution < -0.4 is 5.73 Å². The van der Waals surface area contributed by atoms with Gasteiger partial charge in [-0.2, -0.15) is 0 Å². The third-order valence-corrected chi connectivity index (χ3v) is 2.46. The standard InChI is InChI=1S/C7H6BrClFN.C2H6/c1-3-2-4(9)6(10)5(8)7(3)11;1-2/h2H,11H2,1H3;1-2H3. The second kappa shape index (κ2) is 5.45. The zero-order valence-electron chi connectivity index (χ0n) is 7.79. The van der Waals surface area contributed by atoms with Crippen LogP contribution in [0, 0.1) is 12.7 Å². The first-order valence-corrected chi connectivity index (χ1v) is 5.10. The summed E-state index contributed by atoms with van der Waals surface area (Å²) in [5, 5.41) is 0.0866. The Hall–Kier alpha value is -0.280. The molecule has 1 nitrogen and oxygen atoms in total. The van der Waals surface area contributed by atoms with Crippen molar-refractivity contribution in [3.05, 3.63) is 26.9 Å². The monoisotopic (exact) mass is 267 g/mol. The van der Waals surface area contributed by atoms with Gasteiger partial charge in [-0.25, -0.2) is 4.39 Å². The molecule has 0 saturated heterocycles. The van der Waals surface area contributed by atoms with E-state index in [-0.39, 0.29) is 9.50 Å². The van der Waals surface area contributed by atoms with Crippen LogP contribution in [0.2, 0.25) is 5.02 Å². The molecule has 0 amide bonds. The van der Waals surface area contributed by atoms with Crippen molar-refractivity contribution in [2.24, 2.45) is 0 Å². The summed E-state index contributed by atoms with van der Waals surface area (Å²) >= 11 is 8.53. The Bertz CT molecular complexity index is 276. The highest BCUT2D eigenvalue weighted by Crippen LogP contribution is 2.31. The van der Waals surface area contributed by atoms with Crippen molar-refractivity contribution in [2.75, 3.05) is 5.73 Å². The SMILES string of the molecule is CC.Cc1cc(Cl)c(F)c(Br)c1N. The molecular weight excluding hydrogens is 256 g/mol. The van der Waals surface area contributed by atoms with Crippen LogP contribution in [0.15, 0.2) is 10.5 Å². The van der Waals surface area contributed by atoms with Gasteiger partial charge in [0.2, 0.25) is 0 Å². The van der Waals surface area contributed by atoms with Crippen LogP contribution in [0.1, 0.15) is 19.4 Å². The minimum atomic E-state index is -0.505. The van der Waals surface area contributed by atoms with Crippen LogP contribution in [0.5, 0.6) is 0 Å². The average Bonchev–Trinajstić information content (AvgIpc) is 2.15. The van der Waals surface area contributed by atoms with E-state index < -0.39 is 5.82 Å². The Labute approximate surface area is 91.2 Å². The Kier molecular flexibility index (Phi) is 5.33. The fourth-order valence-electron chi connectivity index (χ4n) is 0.727. The lowest BCUT2D eigenvalue weighted by Gasteiger charge is -2.04. The van der Waals surface area contributed by atoms with Crippen molar-refractivity contribution in [1.82, 2.24) is 0 Å². The van der Waals surface area contributed by atoms with Gasteiger partial charge in [0.1, 0.15) is 0 Å². The summed E-state index contributed by atoms with van der Waals surface area (Å²) in [7, 11) is 0. The second-order valence-corrected chi connectivity index (χ2v) is 3.42. The zero-order chi connectivity index (χ0) is 10.6. The van der Waals surface area contributed by atoms with Gasteiger partial charge in [0.25, 0.3) is 0 Å². The number of rotatable bonds is 0. The molecule has 0 aliphatic heterocycles.